The number of carbonyl (C=O) groups excluding carboxylic acids is 1. The van der Waals surface area contributed by atoms with E-state index in [1.54, 1.807) is 44.2 Å². The van der Waals surface area contributed by atoms with Crippen LogP contribution in [0.15, 0.2) is 76.7 Å². The first-order valence-corrected chi connectivity index (χ1v) is 11.8. The summed E-state index contributed by atoms with van der Waals surface area (Å²) in [6.45, 7) is 4.67. The van der Waals surface area contributed by atoms with E-state index in [-0.39, 0.29) is 16.4 Å². The first kappa shape index (κ1) is 24.4. The van der Waals surface area contributed by atoms with Crippen LogP contribution in [0.5, 0.6) is 0 Å². The standard InChI is InChI=1S/C24H23ClFN3O3S/c1-16-7-13-21(14-8-16)33(31,32)29(23-6-4-5-22(25)17(23)2)15-24(30)28-27-18(3)19-9-11-20(26)12-10-19/h4-14H,15H2,1-3H3,(H,28,30)/b27-18-. The largest absolute Gasteiger partial charge is 0.271 e. The van der Waals surface area contributed by atoms with Gasteiger partial charge in [-0.15, -0.1) is 0 Å². The lowest BCUT2D eigenvalue weighted by Gasteiger charge is -2.25. The molecule has 172 valence electrons. The molecule has 0 heterocycles. The number of hydrogen-bond donors (Lipinski definition) is 1. The van der Waals surface area contributed by atoms with Crippen molar-refractivity contribution in [3.63, 3.8) is 0 Å². The summed E-state index contributed by atoms with van der Waals surface area (Å²) in [5, 5.41) is 4.40. The maximum Gasteiger partial charge on any atom is 0.264 e. The van der Waals surface area contributed by atoms with Crippen molar-refractivity contribution in [2.24, 2.45) is 5.10 Å². The fourth-order valence-corrected chi connectivity index (χ4v) is 4.72. The van der Waals surface area contributed by atoms with E-state index in [2.05, 4.69) is 10.5 Å². The van der Waals surface area contributed by atoms with Crippen molar-refractivity contribution >= 4 is 38.9 Å². The molecule has 33 heavy (non-hydrogen) atoms. The number of nitrogens with zero attached hydrogens (tertiary/aromatic N) is 2. The zero-order valence-electron chi connectivity index (χ0n) is 18.3. The van der Waals surface area contributed by atoms with Gasteiger partial charge in [0.25, 0.3) is 15.9 Å². The summed E-state index contributed by atoms with van der Waals surface area (Å²) in [6.07, 6.45) is 0. The number of aryl methyl sites for hydroxylation is 1. The minimum atomic E-state index is -4.08. The zero-order valence-corrected chi connectivity index (χ0v) is 19.9. The lowest BCUT2D eigenvalue weighted by molar-refractivity contribution is -0.119. The normalized spacial score (nSPS) is 11.8. The fourth-order valence-electron chi connectivity index (χ4n) is 3.07. The highest BCUT2D eigenvalue weighted by Gasteiger charge is 2.28. The number of carbonyl (C=O) groups is 1. The van der Waals surface area contributed by atoms with E-state index in [9.17, 15) is 17.6 Å². The molecule has 0 spiro atoms. The third-order valence-corrected chi connectivity index (χ3v) is 7.20. The Morgan fingerprint density at radius 1 is 1.03 bits per heavy atom. The lowest BCUT2D eigenvalue weighted by atomic mass is 10.1. The molecule has 1 amide bonds. The van der Waals surface area contributed by atoms with Crippen LogP contribution in [0.3, 0.4) is 0 Å². The van der Waals surface area contributed by atoms with E-state index in [4.69, 9.17) is 11.6 Å². The maximum absolute atomic E-state index is 13.5. The molecule has 0 radical (unpaired) electrons. The molecule has 0 unspecified atom stereocenters. The molecule has 3 rings (SSSR count). The minimum absolute atomic E-state index is 0.0475. The summed E-state index contributed by atoms with van der Waals surface area (Å²) in [7, 11) is -4.08. The van der Waals surface area contributed by atoms with Gasteiger partial charge >= 0.3 is 0 Å². The van der Waals surface area contributed by atoms with Gasteiger partial charge in [0.15, 0.2) is 0 Å². The molecule has 3 aromatic rings. The molecule has 0 aliphatic rings. The van der Waals surface area contributed by atoms with Gasteiger partial charge in [0.1, 0.15) is 12.4 Å². The number of rotatable bonds is 7. The molecule has 1 N–H and O–H groups in total. The molecular formula is C24H23ClFN3O3S. The second-order valence-corrected chi connectivity index (χ2v) is 9.72. The summed E-state index contributed by atoms with van der Waals surface area (Å²) >= 11 is 6.22. The van der Waals surface area contributed by atoms with Crippen molar-refractivity contribution in [3.8, 4) is 0 Å². The zero-order chi connectivity index (χ0) is 24.2. The van der Waals surface area contributed by atoms with Crippen LogP contribution in [0.2, 0.25) is 5.02 Å². The molecule has 0 aromatic heterocycles. The van der Waals surface area contributed by atoms with Crippen molar-refractivity contribution in [1.29, 1.82) is 0 Å². The van der Waals surface area contributed by atoms with Gasteiger partial charge in [-0.1, -0.05) is 47.5 Å². The summed E-state index contributed by atoms with van der Waals surface area (Å²) < 4.78 is 41.1. The molecule has 0 saturated carbocycles. The van der Waals surface area contributed by atoms with E-state index < -0.39 is 22.5 Å². The van der Waals surface area contributed by atoms with Crippen LogP contribution in [0.4, 0.5) is 10.1 Å². The van der Waals surface area contributed by atoms with Crippen molar-refractivity contribution in [1.82, 2.24) is 5.43 Å². The average Bonchev–Trinajstić information content (AvgIpc) is 2.78. The first-order valence-electron chi connectivity index (χ1n) is 10.0. The van der Waals surface area contributed by atoms with Gasteiger partial charge in [0.2, 0.25) is 0 Å². The van der Waals surface area contributed by atoms with Crippen LogP contribution in [0, 0.1) is 19.7 Å². The molecular weight excluding hydrogens is 465 g/mol. The molecule has 0 saturated heterocycles. The predicted octanol–water partition coefficient (Wildman–Crippen LogP) is 4.83. The number of nitrogens with one attached hydrogen (secondary N) is 1. The summed E-state index contributed by atoms with van der Waals surface area (Å²) in [6, 6.07) is 16.9. The minimum Gasteiger partial charge on any atom is -0.271 e. The fraction of sp³-hybridized carbons (Fsp3) is 0.167. The maximum atomic E-state index is 13.5. The number of hydrogen-bond acceptors (Lipinski definition) is 4. The second kappa shape index (κ2) is 10.1. The lowest BCUT2D eigenvalue weighted by Crippen LogP contribution is -2.40. The van der Waals surface area contributed by atoms with Gasteiger partial charge in [-0.05, 0) is 68.3 Å². The van der Waals surface area contributed by atoms with Crippen molar-refractivity contribution < 1.29 is 17.6 Å². The Bertz CT molecular complexity index is 1290. The SMILES string of the molecule is C/C(=N/NC(=O)CN(c1cccc(Cl)c1C)S(=O)(=O)c1ccc(C)cc1)c1ccc(F)cc1. The van der Waals surface area contributed by atoms with Gasteiger partial charge in [-0.25, -0.2) is 18.2 Å². The summed E-state index contributed by atoms with van der Waals surface area (Å²) in [5.41, 5.74) is 5.15. The third-order valence-electron chi connectivity index (χ3n) is 5.01. The van der Waals surface area contributed by atoms with Crippen molar-refractivity contribution in [2.45, 2.75) is 25.7 Å². The Kier molecular flexibility index (Phi) is 7.50. The number of halogens is 2. The molecule has 0 bridgehead atoms. The number of sulfonamides is 1. The summed E-state index contributed by atoms with van der Waals surface area (Å²) in [4.78, 5) is 12.8. The number of anilines is 1. The number of benzene rings is 3. The highest BCUT2D eigenvalue weighted by Crippen LogP contribution is 2.30. The van der Waals surface area contributed by atoms with Crippen LogP contribution in [0.25, 0.3) is 0 Å². The van der Waals surface area contributed by atoms with Crippen LogP contribution in [-0.4, -0.2) is 26.6 Å². The van der Waals surface area contributed by atoms with E-state index in [0.717, 1.165) is 9.87 Å². The van der Waals surface area contributed by atoms with Gasteiger partial charge in [-0.3, -0.25) is 9.10 Å². The second-order valence-electron chi connectivity index (χ2n) is 7.45. The van der Waals surface area contributed by atoms with E-state index in [1.807, 2.05) is 6.92 Å². The van der Waals surface area contributed by atoms with E-state index in [0.29, 0.717) is 21.9 Å². The topological polar surface area (TPSA) is 78.8 Å². The predicted molar refractivity (Wildman–Crippen MR) is 129 cm³/mol. The number of hydrazone groups is 1. The average molecular weight is 488 g/mol. The molecule has 9 heteroatoms. The van der Waals surface area contributed by atoms with E-state index in [1.165, 1.54) is 36.4 Å². The van der Waals surface area contributed by atoms with E-state index >= 15 is 0 Å². The smallest absolute Gasteiger partial charge is 0.264 e. The molecule has 0 aliphatic heterocycles. The van der Waals surface area contributed by atoms with Gasteiger partial charge < -0.3 is 0 Å². The van der Waals surface area contributed by atoms with Crippen molar-refractivity contribution in [3.05, 3.63) is 94.3 Å². The molecule has 0 fully saturated rings. The number of amides is 1. The molecule has 3 aromatic carbocycles. The first-order chi connectivity index (χ1) is 15.6. The van der Waals surface area contributed by atoms with Crippen LogP contribution < -0.4 is 9.73 Å². The molecule has 6 nitrogen and oxygen atoms in total. The van der Waals surface area contributed by atoms with Crippen molar-refractivity contribution in [2.75, 3.05) is 10.8 Å². The third kappa shape index (κ3) is 5.77. The van der Waals surface area contributed by atoms with Gasteiger partial charge in [0, 0.05) is 5.02 Å². The van der Waals surface area contributed by atoms with Gasteiger partial charge in [-0.2, -0.15) is 5.10 Å². The summed E-state index contributed by atoms with van der Waals surface area (Å²) in [5.74, 6) is -1.03. The Morgan fingerprint density at radius 3 is 2.30 bits per heavy atom. The van der Waals surface area contributed by atoms with Crippen LogP contribution in [-0.2, 0) is 14.8 Å². The Morgan fingerprint density at radius 2 is 1.67 bits per heavy atom. The van der Waals surface area contributed by atoms with Crippen LogP contribution >= 0.6 is 11.6 Å². The highest BCUT2D eigenvalue weighted by molar-refractivity contribution is 7.92. The quantitative estimate of drug-likeness (QED) is 0.383. The molecule has 0 aliphatic carbocycles. The molecule has 0 atom stereocenters. The van der Waals surface area contributed by atoms with Crippen LogP contribution in [0.1, 0.15) is 23.6 Å². The Balaban J connectivity index is 1.92. The monoisotopic (exact) mass is 487 g/mol. The Hall–Kier alpha value is -3.23. The Labute approximate surface area is 197 Å². The van der Waals surface area contributed by atoms with Gasteiger partial charge in [0.05, 0.1) is 16.3 Å². The highest BCUT2D eigenvalue weighted by atomic mass is 35.5.